The van der Waals surface area contributed by atoms with E-state index in [-0.39, 0.29) is 0 Å². The normalized spacial score (nSPS) is 13.5. The molecule has 0 spiro atoms. The van der Waals surface area contributed by atoms with Crippen molar-refractivity contribution in [3.05, 3.63) is 100 Å². The smallest absolute Gasteiger partial charge is 0.368 e. The Balaban J connectivity index is 1.82. The van der Waals surface area contributed by atoms with Crippen molar-refractivity contribution in [3.63, 3.8) is 0 Å². The molecule has 3 N–H and O–H groups in total. The summed E-state index contributed by atoms with van der Waals surface area (Å²) in [4.78, 5) is 16.5. The molecule has 8 heteroatoms. The first-order valence-corrected chi connectivity index (χ1v) is 10.0. The molecule has 2 aromatic carbocycles. The summed E-state index contributed by atoms with van der Waals surface area (Å²) in [5, 5.41) is 3.54. The summed E-state index contributed by atoms with van der Waals surface area (Å²) in [7, 11) is 0. The highest BCUT2D eigenvalue weighted by Crippen LogP contribution is 2.30. The van der Waals surface area contributed by atoms with Crippen LogP contribution in [0.3, 0.4) is 0 Å². The Bertz CT molecular complexity index is 1010. The van der Waals surface area contributed by atoms with Gasteiger partial charge in [0.15, 0.2) is 0 Å². The maximum absolute atomic E-state index is 12.8. The lowest BCUT2D eigenvalue weighted by molar-refractivity contribution is -0.137. The number of amides is 1. The molecule has 0 aliphatic carbocycles. The lowest BCUT2D eigenvalue weighted by Crippen LogP contribution is -2.36. The zero-order valence-corrected chi connectivity index (χ0v) is 17.2. The summed E-state index contributed by atoms with van der Waals surface area (Å²) in [6, 6.07) is 18.1. The molecule has 0 aliphatic rings. The van der Waals surface area contributed by atoms with Gasteiger partial charge in [-0.15, -0.1) is 0 Å². The molecule has 0 saturated heterocycles. The number of nitrogens with zero attached hydrogens (tertiary/aromatic N) is 1. The molecule has 3 rings (SSSR count). The summed E-state index contributed by atoms with van der Waals surface area (Å²) < 4.78 is 38.4. The van der Waals surface area contributed by atoms with Crippen molar-refractivity contribution in [3.8, 4) is 0 Å². The minimum Gasteiger partial charge on any atom is -0.368 e. The van der Waals surface area contributed by atoms with Gasteiger partial charge in [0, 0.05) is 0 Å². The van der Waals surface area contributed by atoms with Crippen molar-refractivity contribution in [1.29, 1.82) is 0 Å². The van der Waals surface area contributed by atoms with Crippen LogP contribution in [0.2, 0.25) is 5.15 Å². The molecule has 2 atom stereocenters. The molecule has 0 saturated carbocycles. The van der Waals surface area contributed by atoms with Gasteiger partial charge in [0.05, 0.1) is 17.3 Å². The first-order chi connectivity index (χ1) is 14.7. The fraction of sp³-hybridized carbons (Fsp3) is 0.217. The third-order valence-corrected chi connectivity index (χ3v) is 5.09. The van der Waals surface area contributed by atoms with E-state index in [1.165, 1.54) is 12.1 Å². The number of rotatable bonds is 8. The second-order valence-electron chi connectivity index (χ2n) is 7.08. The quantitative estimate of drug-likeness (QED) is 0.464. The predicted molar refractivity (Wildman–Crippen MR) is 113 cm³/mol. The molecule has 1 unspecified atom stereocenters. The number of aromatic nitrogens is 1. The van der Waals surface area contributed by atoms with E-state index in [0.29, 0.717) is 29.3 Å². The number of benzene rings is 2. The van der Waals surface area contributed by atoms with Gasteiger partial charge >= 0.3 is 6.18 Å². The van der Waals surface area contributed by atoms with Crippen LogP contribution in [0.5, 0.6) is 0 Å². The molecule has 162 valence electrons. The SMILES string of the molecule is NC(=O)C(N[C@@H](CCc1ccc(C(F)(F)F)cc1)c1cccc(Cl)n1)c1ccccc1. The van der Waals surface area contributed by atoms with Crippen LogP contribution in [0, 0.1) is 0 Å². The Hall–Kier alpha value is -2.90. The second-order valence-corrected chi connectivity index (χ2v) is 7.47. The Morgan fingerprint density at radius 2 is 1.68 bits per heavy atom. The number of nitrogens with one attached hydrogen (secondary N) is 1. The molecule has 0 bridgehead atoms. The van der Waals surface area contributed by atoms with Gasteiger partial charge in [-0.05, 0) is 48.2 Å². The Morgan fingerprint density at radius 3 is 2.26 bits per heavy atom. The Labute approximate surface area is 183 Å². The van der Waals surface area contributed by atoms with Crippen molar-refractivity contribution >= 4 is 17.5 Å². The predicted octanol–water partition coefficient (Wildman–Crippen LogP) is 5.24. The first kappa shape index (κ1) is 22.8. The van der Waals surface area contributed by atoms with Gasteiger partial charge in [0.2, 0.25) is 5.91 Å². The molecule has 1 aromatic heterocycles. The van der Waals surface area contributed by atoms with E-state index in [1.54, 1.807) is 30.3 Å². The van der Waals surface area contributed by atoms with Crippen LogP contribution < -0.4 is 11.1 Å². The van der Waals surface area contributed by atoms with Gasteiger partial charge in [0.1, 0.15) is 11.2 Å². The Kier molecular flexibility index (Phi) is 7.30. The third kappa shape index (κ3) is 6.29. The minimum atomic E-state index is -4.38. The van der Waals surface area contributed by atoms with Crippen molar-refractivity contribution in [2.45, 2.75) is 31.1 Å². The number of alkyl halides is 3. The van der Waals surface area contributed by atoms with Gasteiger partial charge in [-0.1, -0.05) is 60.1 Å². The number of primary amides is 1. The topological polar surface area (TPSA) is 68.0 Å². The van der Waals surface area contributed by atoms with Crippen LogP contribution in [0.1, 0.15) is 40.9 Å². The summed E-state index contributed by atoms with van der Waals surface area (Å²) in [6.45, 7) is 0. The zero-order valence-electron chi connectivity index (χ0n) is 16.4. The number of halogens is 4. The zero-order chi connectivity index (χ0) is 22.4. The maximum atomic E-state index is 12.8. The standard InChI is InChI=1S/C23H21ClF3N3O/c24-20-8-4-7-18(29-20)19(30-21(22(28)31)16-5-2-1-3-6-16)14-11-15-9-12-17(13-10-15)23(25,26)27/h1-10,12-13,19,21,30H,11,14H2,(H2,28,31)/t19-,21?/m0/s1. The second kappa shape index (κ2) is 9.94. The molecule has 0 fully saturated rings. The lowest BCUT2D eigenvalue weighted by atomic mass is 9.98. The maximum Gasteiger partial charge on any atom is 0.416 e. The van der Waals surface area contributed by atoms with E-state index < -0.39 is 29.7 Å². The van der Waals surface area contributed by atoms with Gasteiger partial charge < -0.3 is 5.73 Å². The van der Waals surface area contributed by atoms with E-state index in [4.69, 9.17) is 17.3 Å². The van der Waals surface area contributed by atoms with Gasteiger partial charge in [-0.3, -0.25) is 10.1 Å². The molecule has 0 aliphatic heterocycles. The van der Waals surface area contributed by atoms with Crippen molar-refractivity contribution < 1.29 is 18.0 Å². The number of carbonyl (C=O) groups excluding carboxylic acids is 1. The fourth-order valence-electron chi connectivity index (χ4n) is 3.30. The van der Waals surface area contributed by atoms with Gasteiger partial charge in [0.25, 0.3) is 0 Å². The number of hydrogen-bond acceptors (Lipinski definition) is 3. The largest absolute Gasteiger partial charge is 0.416 e. The van der Waals surface area contributed by atoms with Crippen LogP contribution in [-0.2, 0) is 17.4 Å². The highest BCUT2D eigenvalue weighted by molar-refractivity contribution is 6.29. The van der Waals surface area contributed by atoms with Crippen LogP contribution in [0.25, 0.3) is 0 Å². The highest BCUT2D eigenvalue weighted by Gasteiger charge is 2.30. The molecule has 1 amide bonds. The van der Waals surface area contributed by atoms with E-state index in [1.807, 2.05) is 18.2 Å². The first-order valence-electron chi connectivity index (χ1n) is 9.63. The van der Waals surface area contributed by atoms with Crippen molar-refractivity contribution in [1.82, 2.24) is 10.3 Å². The van der Waals surface area contributed by atoms with Crippen LogP contribution >= 0.6 is 11.6 Å². The molecule has 1 heterocycles. The van der Waals surface area contributed by atoms with E-state index in [9.17, 15) is 18.0 Å². The van der Waals surface area contributed by atoms with Crippen LogP contribution in [-0.4, -0.2) is 10.9 Å². The van der Waals surface area contributed by atoms with Gasteiger partial charge in [-0.25, -0.2) is 4.98 Å². The average Bonchev–Trinajstić information content (AvgIpc) is 2.74. The van der Waals surface area contributed by atoms with Crippen LogP contribution in [0.15, 0.2) is 72.8 Å². The highest BCUT2D eigenvalue weighted by atomic mass is 35.5. The summed E-state index contributed by atoms with van der Waals surface area (Å²) in [5.74, 6) is -0.548. The summed E-state index contributed by atoms with van der Waals surface area (Å²) in [5.41, 5.74) is 6.99. The monoisotopic (exact) mass is 447 g/mol. The van der Waals surface area contributed by atoms with Crippen LogP contribution in [0.4, 0.5) is 13.2 Å². The molecule has 4 nitrogen and oxygen atoms in total. The number of aryl methyl sites for hydroxylation is 1. The lowest BCUT2D eigenvalue weighted by Gasteiger charge is -2.24. The van der Waals surface area contributed by atoms with E-state index in [2.05, 4.69) is 10.3 Å². The number of nitrogens with two attached hydrogens (primary N) is 1. The molecular formula is C23H21ClF3N3O. The minimum absolute atomic E-state index is 0.300. The third-order valence-electron chi connectivity index (χ3n) is 4.88. The van der Waals surface area contributed by atoms with E-state index >= 15 is 0 Å². The molecule has 3 aromatic rings. The van der Waals surface area contributed by atoms with Crippen molar-refractivity contribution in [2.75, 3.05) is 0 Å². The number of pyridine rings is 1. The van der Waals surface area contributed by atoms with Crippen molar-refractivity contribution in [2.24, 2.45) is 5.73 Å². The fourth-order valence-corrected chi connectivity index (χ4v) is 3.47. The number of hydrogen-bond donors (Lipinski definition) is 2. The summed E-state index contributed by atoms with van der Waals surface area (Å²) >= 11 is 6.05. The Morgan fingerprint density at radius 1 is 1.00 bits per heavy atom. The average molecular weight is 448 g/mol. The van der Waals surface area contributed by atoms with E-state index in [0.717, 1.165) is 17.7 Å². The van der Waals surface area contributed by atoms with Gasteiger partial charge in [-0.2, -0.15) is 13.2 Å². The number of carbonyl (C=O) groups is 1. The summed E-state index contributed by atoms with van der Waals surface area (Å²) in [6.07, 6.45) is -3.45. The molecular weight excluding hydrogens is 427 g/mol. The molecule has 31 heavy (non-hydrogen) atoms. The molecule has 0 radical (unpaired) electrons.